The van der Waals surface area contributed by atoms with Crippen LogP contribution in [0.25, 0.3) is 94.1 Å². The van der Waals surface area contributed by atoms with Crippen LogP contribution in [0.5, 0.6) is 0 Å². The largest absolute Gasteiger partial charge is 0.309 e. The zero-order valence-electron chi connectivity index (χ0n) is 29.7. The maximum absolute atomic E-state index is 14.1. The van der Waals surface area contributed by atoms with Gasteiger partial charge in [-0.1, -0.05) is 109 Å². The molecule has 0 unspecified atom stereocenters. The second-order valence-corrected chi connectivity index (χ2v) is 14.0. The third-order valence-corrected chi connectivity index (χ3v) is 10.8. The first kappa shape index (κ1) is 31.1. The van der Waals surface area contributed by atoms with E-state index in [0.29, 0.717) is 16.7 Å². The average Bonchev–Trinajstić information content (AvgIpc) is 3.76. The van der Waals surface area contributed by atoms with Gasteiger partial charge >= 0.3 is 0 Å². The Labute approximate surface area is 316 Å². The molecule has 0 bridgehead atoms. The van der Waals surface area contributed by atoms with Gasteiger partial charge in [-0.2, -0.15) is 0 Å². The molecule has 0 aliphatic rings. The molecular weight excluding hydrogens is 673 g/mol. The minimum Gasteiger partial charge on any atom is -0.309 e. The van der Waals surface area contributed by atoms with Crippen molar-refractivity contribution in [1.82, 2.24) is 18.7 Å². The number of benzene rings is 8. The fraction of sp³-hybridized carbons (Fsp3) is 0. The molecule has 55 heavy (non-hydrogen) atoms. The lowest BCUT2D eigenvalue weighted by molar-refractivity contribution is 0.975. The molecule has 0 saturated carbocycles. The van der Waals surface area contributed by atoms with E-state index in [1.54, 1.807) is 4.57 Å². The molecule has 8 aromatic carbocycles. The smallest absolute Gasteiger partial charge is 0.266 e. The Morgan fingerprint density at radius 3 is 1.42 bits per heavy atom. The quantitative estimate of drug-likeness (QED) is 0.179. The molecule has 0 atom stereocenters. The van der Waals surface area contributed by atoms with Crippen molar-refractivity contribution < 1.29 is 0 Å². The monoisotopic (exact) mass is 704 g/mol. The predicted molar refractivity (Wildman–Crippen MR) is 227 cm³/mol. The van der Waals surface area contributed by atoms with E-state index >= 15 is 0 Å². The summed E-state index contributed by atoms with van der Waals surface area (Å²) >= 11 is 0. The Hall–Kier alpha value is -7.50. The third-order valence-electron chi connectivity index (χ3n) is 10.8. The summed E-state index contributed by atoms with van der Waals surface area (Å²) in [5, 5.41) is 5.41. The summed E-state index contributed by atoms with van der Waals surface area (Å²) in [5.41, 5.74) is 11.3. The van der Waals surface area contributed by atoms with E-state index in [9.17, 15) is 4.79 Å². The zero-order valence-corrected chi connectivity index (χ0v) is 29.7. The molecule has 3 heterocycles. The van der Waals surface area contributed by atoms with Gasteiger partial charge in [0.2, 0.25) is 0 Å². The van der Waals surface area contributed by atoms with E-state index in [4.69, 9.17) is 4.98 Å². The molecule has 3 aromatic heterocycles. The number of hydrogen-bond acceptors (Lipinski definition) is 2. The molecule has 5 nitrogen and oxygen atoms in total. The zero-order chi connectivity index (χ0) is 36.5. The molecule has 0 radical (unpaired) electrons. The van der Waals surface area contributed by atoms with Crippen molar-refractivity contribution in [2.24, 2.45) is 0 Å². The maximum Gasteiger partial charge on any atom is 0.266 e. The Kier molecular flexibility index (Phi) is 6.94. The highest BCUT2D eigenvalue weighted by Gasteiger charge is 2.18. The van der Waals surface area contributed by atoms with Crippen LogP contribution < -0.4 is 5.56 Å². The molecular formula is C50H32N4O. The number of nitrogens with zero attached hydrogens (tertiary/aromatic N) is 4. The lowest BCUT2D eigenvalue weighted by Crippen LogP contribution is -2.21. The van der Waals surface area contributed by atoms with Crippen molar-refractivity contribution in [2.75, 3.05) is 0 Å². The van der Waals surface area contributed by atoms with E-state index in [-0.39, 0.29) is 5.56 Å². The van der Waals surface area contributed by atoms with E-state index < -0.39 is 0 Å². The summed E-state index contributed by atoms with van der Waals surface area (Å²) in [7, 11) is 0. The molecule has 0 fully saturated rings. The molecule has 11 rings (SSSR count). The van der Waals surface area contributed by atoms with Gasteiger partial charge in [-0.3, -0.25) is 9.36 Å². The number of aromatic nitrogens is 4. The Bertz CT molecular complexity index is 3340. The van der Waals surface area contributed by atoms with Gasteiger partial charge in [0.25, 0.3) is 5.56 Å². The minimum atomic E-state index is -0.0931. The van der Waals surface area contributed by atoms with Gasteiger partial charge in [-0.05, 0) is 96.1 Å². The van der Waals surface area contributed by atoms with Crippen molar-refractivity contribution in [1.29, 1.82) is 0 Å². The first-order chi connectivity index (χ1) is 27.2. The van der Waals surface area contributed by atoms with E-state index in [1.807, 2.05) is 60.7 Å². The van der Waals surface area contributed by atoms with Crippen LogP contribution in [-0.4, -0.2) is 18.7 Å². The molecule has 0 aliphatic heterocycles. The number of hydrogen-bond donors (Lipinski definition) is 0. The van der Waals surface area contributed by atoms with Crippen LogP contribution in [0.3, 0.4) is 0 Å². The van der Waals surface area contributed by atoms with Crippen molar-refractivity contribution in [3.8, 4) is 39.6 Å². The lowest BCUT2D eigenvalue weighted by Gasteiger charge is -2.15. The van der Waals surface area contributed by atoms with Crippen LogP contribution in [0.15, 0.2) is 199 Å². The average molecular weight is 705 g/mol. The summed E-state index contributed by atoms with van der Waals surface area (Å²) in [5.74, 6) is 0.601. The Balaban J connectivity index is 1.08. The Morgan fingerprint density at radius 1 is 0.327 bits per heavy atom. The number of fused-ring (bicyclic) bond motifs is 7. The second kappa shape index (κ2) is 12.3. The maximum atomic E-state index is 14.1. The standard InChI is InChI=1S/C50H32N4O/c55-50-41-22-7-10-23-44(41)51-49(54(50)37-17-5-2-6-18-37)35-14-13-19-38(30-35)53-46-25-12-9-21-40(46)43-32-34(27-29-48(43)53)33-26-28-47-42(31-33)39-20-8-11-24-45(39)52(47)36-15-3-1-4-16-36/h1-32H. The number of para-hydroxylation sites is 5. The molecule has 11 aromatic rings. The van der Waals surface area contributed by atoms with Crippen molar-refractivity contribution in [3.63, 3.8) is 0 Å². The van der Waals surface area contributed by atoms with Crippen LogP contribution in [0.4, 0.5) is 0 Å². The topological polar surface area (TPSA) is 44.8 Å². The van der Waals surface area contributed by atoms with Crippen LogP contribution >= 0.6 is 0 Å². The van der Waals surface area contributed by atoms with Gasteiger partial charge in [0.05, 0.1) is 38.7 Å². The van der Waals surface area contributed by atoms with E-state index in [1.165, 1.54) is 38.1 Å². The summed E-state index contributed by atoms with van der Waals surface area (Å²) in [6, 6.07) is 67.2. The van der Waals surface area contributed by atoms with Crippen molar-refractivity contribution >= 4 is 54.5 Å². The lowest BCUT2D eigenvalue weighted by atomic mass is 10.0. The molecule has 0 N–H and O–H groups in total. The summed E-state index contributed by atoms with van der Waals surface area (Å²) < 4.78 is 6.40. The third kappa shape index (κ3) is 4.87. The van der Waals surface area contributed by atoms with Gasteiger partial charge in [0.15, 0.2) is 0 Å². The van der Waals surface area contributed by atoms with E-state index in [2.05, 4.69) is 143 Å². The highest BCUT2D eigenvalue weighted by molar-refractivity contribution is 6.12. The van der Waals surface area contributed by atoms with Gasteiger partial charge < -0.3 is 9.13 Å². The molecule has 0 amide bonds. The number of rotatable bonds is 5. The predicted octanol–water partition coefficient (Wildman–Crippen LogP) is 11.9. The summed E-state index contributed by atoms with van der Waals surface area (Å²) in [4.78, 5) is 19.1. The van der Waals surface area contributed by atoms with Gasteiger partial charge in [0.1, 0.15) is 5.82 Å². The molecule has 0 aliphatic carbocycles. The fourth-order valence-electron chi connectivity index (χ4n) is 8.37. The first-order valence-electron chi connectivity index (χ1n) is 18.5. The summed E-state index contributed by atoms with van der Waals surface area (Å²) in [6.45, 7) is 0. The van der Waals surface area contributed by atoms with Crippen LogP contribution in [0.1, 0.15) is 0 Å². The summed E-state index contributed by atoms with van der Waals surface area (Å²) in [6.07, 6.45) is 0. The first-order valence-corrected chi connectivity index (χ1v) is 18.5. The van der Waals surface area contributed by atoms with Crippen LogP contribution in [0, 0.1) is 0 Å². The van der Waals surface area contributed by atoms with E-state index in [0.717, 1.165) is 39.2 Å². The SMILES string of the molecule is O=c1c2ccccc2nc(-c2cccc(-n3c4ccccc4c4cc(-c5ccc6c(c5)c5ccccc5n6-c5ccccc5)ccc43)c2)n1-c1ccccc1. The molecule has 0 saturated heterocycles. The van der Waals surface area contributed by atoms with Crippen LogP contribution in [0.2, 0.25) is 0 Å². The van der Waals surface area contributed by atoms with Crippen LogP contribution in [-0.2, 0) is 0 Å². The fourth-order valence-corrected chi connectivity index (χ4v) is 8.37. The highest BCUT2D eigenvalue weighted by atomic mass is 16.1. The second-order valence-electron chi connectivity index (χ2n) is 14.0. The minimum absolute atomic E-state index is 0.0931. The van der Waals surface area contributed by atoms with Crippen molar-refractivity contribution in [2.45, 2.75) is 0 Å². The van der Waals surface area contributed by atoms with Gasteiger partial charge in [-0.15, -0.1) is 0 Å². The molecule has 0 spiro atoms. The van der Waals surface area contributed by atoms with Gasteiger partial charge in [0, 0.05) is 38.5 Å². The molecule has 258 valence electrons. The van der Waals surface area contributed by atoms with Gasteiger partial charge in [-0.25, -0.2) is 4.98 Å². The highest BCUT2D eigenvalue weighted by Crippen LogP contribution is 2.38. The Morgan fingerprint density at radius 2 is 0.800 bits per heavy atom. The van der Waals surface area contributed by atoms with Crippen molar-refractivity contribution in [3.05, 3.63) is 204 Å². The normalized spacial score (nSPS) is 11.7. The molecule has 5 heteroatoms.